The van der Waals surface area contributed by atoms with Gasteiger partial charge in [-0.2, -0.15) is 5.10 Å². The number of primary amides is 1. The van der Waals surface area contributed by atoms with Crippen molar-refractivity contribution in [1.29, 1.82) is 0 Å². The first-order valence-electron chi connectivity index (χ1n) is 8.14. The second-order valence-electron chi connectivity index (χ2n) is 6.54. The standard InChI is InChI=1S/C16H19N5O4S/c1-7-4-5-9-10(6-7)26-16(11(9)14(17)22)18-15(23)12-13(21(24)25)8(2)20(3)19-12/h7H,4-6H2,1-3H3,(H2,17,22)(H,18,23)/t7-/m0/s1. The highest BCUT2D eigenvalue weighted by atomic mass is 32.1. The Balaban J connectivity index is 2.00. The van der Waals surface area contributed by atoms with E-state index in [1.54, 1.807) is 0 Å². The van der Waals surface area contributed by atoms with Gasteiger partial charge in [-0.25, -0.2) is 0 Å². The van der Waals surface area contributed by atoms with Gasteiger partial charge in [0, 0.05) is 11.9 Å². The summed E-state index contributed by atoms with van der Waals surface area (Å²) in [5.74, 6) is -0.849. The number of hydrogen-bond donors (Lipinski definition) is 2. The predicted octanol–water partition coefficient (Wildman–Crippen LogP) is 2.17. The smallest absolute Gasteiger partial charge is 0.322 e. The van der Waals surface area contributed by atoms with E-state index in [0.717, 1.165) is 29.7 Å². The molecule has 2 heterocycles. The summed E-state index contributed by atoms with van der Waals surface area (Å²) in [6.07, 6.45) is 2.49. The van der Waals surface area contributed by atoms with Crippen LogP contribution in [0.1, 0.15) is 50.3 Å². The third-order valence-corrected chi connectivity index (χ3v) is 5.85. The van der Waals surface area contributed by atoms with Gasteiger partial charge in [0.1, 0.15) is 10.7 Å². The van der Waals surface area contributed by atoms with E-state index < -0.39 is 16.7 Å². The first kappa shape index (κ1) is 18.1. The summed E-state index contributed by atoms with van der Waals surface area (Å²) in [4.78, 5) is 36.2. The zero-order chi connectivity index (χ0) is 19.2. The van der Waals surface area contributed by atoms with Crippen molar-refractivity contribution in [1.82, 2.24) is 9.78 Å². The average Bonchev–Trinajstić information content (AvgIpc) is 3.04. The minimum atomic E-state index is -0.727. The van der Waals surface area contributed by atoms with E-state index in [1.165, 1.54) is 30.0 Å². The fraction of sp³-hybridized carbons (Fsp3) is 0.438. The maximum atomic E-state index is 12.6. The number of fused-ring (bicyclic) bond motifs is 1. The van der Waals surface area contributed by atoms with Gasteiger partial charge in [0.05, 0.1) is 10.5 Å². The number of thiophene rings is 1. The highest BCUT2D eigenvalue weighted by Gasteiger charge is 2.32. The number of aryl methyl sites for hydroxylation is 1. The van der Waals surface area contributed by atoms with E-state index in [-0.39, 0.29) is 17.1 Å². The monoisotopic (exact) mass is 377 g/mol. The largest absolute Gasteiger partial charge is 0.365 e. The van der Waals surface area contributed by atoms with Crippen LogP contribution in [0, 0.1) is 23.0 Å². The molecule has 0 aromatic carbocycles. The van der Waals surface area contributed by atoms with Crippen LogP contribution in [0.4, 0.5) is 10.7 Å². The number of carbonyl (C=O) groups excluding carboxylic acids is 2. The van der Waals surface area contributed by atoms with Crippen LogP contribution in [0.25, 0.3) is 0 Å². The fourth-order valence-corrected chi connectivity index (χ4v) is 4.64. The normalized spacial score (nSPS) is 16.2. The van der Waals surface area contributed by atoms with Crippen molar-refractivity contribution in [2.24, 2.45) is 18.7 Å². The highest BCUT2D eigenvalue weighted by Crippen LogP contribution is 2.39. The molecule has 2 aromatic rings. The van der Waals surface area contributed by atoms with Crippen LogP contribution in [0.15, 0.2) is 0 Å². The molecular formula is C16H19N5O4S. The topological polar surface area (TPSA) is 133 Å². The summed E-state index contributed by atoms with van der Waals surface area (Å²) in [5.41, 5.74) is 6.35. The van der Waals surface area contributed by atoms with Crippen LogP contribution < -0.4 is 11.1 Å². The van der Waals surface area contributed by atoms with Crippen molar-refractivity contribution in [3.8, 4) is 0 Å². The van der Waals surface area contributed by atoms with Crippen LogP contribution >= 0.6 is 11.3 Å². The van der Waals surface area contributed by atoms with E-state index >= 15 is 0 Å². The molecule has 1 atom stereocenters. The molecule has 0 unspecified atom stereocenters. The number of nitrogens with one attached hydrogen (secondary N) is 1. The molecule has 138 valence electrons. The molecule has 2 aromatic heterocycles. The second-order valence-corrected chi connectivity index (χ2v) is 7.64. The first-order chi connectivity index (χ1) is 12.2. The van der Waals surface area contributed by atoms with Crippen molar-refractivity contribution < 1.29 is 14.5 Å². The molecule has 3 rings (SSSR count). The van der Waals surface area contributed by atoms with Crippen molar-refractivity contribution >= 4 is 33.8 Å². The van der Waals surface area contributed by atoms with E-state index in [1.807, 2.05) is 0 Å². The summed E-state index contributed by atoms with van der Waals surface area (Å²) in [7, 11) is 1.53. The minimum Gasteiger partial charge on any atom is -0.365 e. The molecule has 26 heavy (non-hydrogen) atoms. The lowest BCUT2D eigenvalue weighted by Gasteiger charge is -2.18. The fourth-order valence-electron chi connectivity index (χ4n) is 3.23. The van der Waals surface area contributed by atoms with Crippen LogP contribution in [0.3, 0.4) is 0 Å². The van der Waals surface area contributed by atoms with Crippen molar-refractivity contribution in [2.75, 3.05) is 5.32 Å². The Morgan fingerprint density at radius 3 is 2.77 bits per heavy atom. The van der Waals surface area contributed by atoms with Crippen LogP contribution in [-0.2, 0) is 19.9 Å². The van der Waals surface area contributed by atoms with Gasteiger partial charge >= 0.3 is 5.69 Å². The number of nitro groups is 1. The second kappa shape index (κ2) is 6.52. The van der Waals surface area contributed by atoms with E-state index in [4.69, 9.17) is 5.73 Å². The van der Waals surface area contributed by atoms with Crippen molar-refractivity contribution in [3.63, 3.8) is 0 Å². The Labute approximate surface area is 153 Å². The molecule has 2 amide bonds. The maximum Gasteiger partial charge on any atom is 0.322 e. The molecule has 3 N–H and O–H groups in total. The number of nitrogens with two attached hydrogens (primary N) is 1. The van der Waals surface area contributed by atoms with Crippen LogP contribution in [0.5, 0.6) is 0 Å². The van der Waals surface area contributed by atoms with Gasteiger partial charge in [0.2, 0.25) is 5.69 Å². The Morgan fingerprint density at radius 1 is 1.46 bits per heavy atom. The number of nitrogens with zero attached hydrogens (tertiary/aromatic N) is 3. The summed E-state index contributed by atoms with van der Waals surface area (Å²) >= 11 is 1.31. The van der Waals surface area contributed by atoms with Crippen molar-refractivity contribution in [2.45, 2.75) is 33.1 Å². The molecule has 9 nitrogen and oxygen atoms in total. The molecule has 0 fully saturated rings. The van der Waals surface area contributed by atoms with E-state index in [2.05, 4.69) is 17.3 Å². The maximum absolute atomic E-state index is 12.6. The Morgan fingerprint density at radius 2 is 2.15 bits per heavy atom. The van der Waals surface area contributed by atoms with Gasteiger partial charge in [-0.05, 0) is 37.7 Å². The molecule has 0 bridgehead atoms. The number of amides is 2. The molecule has 0 saturated carbocycles. The summed E-state index contributed by atoms with van der Waals surface area (Å²) in [5, 5.41) is 18.2. The van der Waals surface area contributed by atoms with Crippen molar-refractivity contribution in [3.05, 3.63) is 37.5 Å². The van der Waals surface area contributed by atoms with Gasteiger partial charge in [-0.1, -0.05) is 6.92 Å². The average molecular weight is 377 g/mol. The Bertz CT molecular complexity index is 930. The van der Waals surface area contributed by atoms with Crippen LogP contribution in [-0.4, -0.2) is 26.5 Å². The minimum absolute atomic E-state index is 0.273. The SMILES string of the molecule is Cc1c([N+](=O)[O-])c(C(=O)Nc2sc3c(c2C(N)=O)CC[C@H](C)C3)nn1C. The predicted molar refractivity (Wildman–Crippen MR) is 96.6 cm³/mol. The highest BCUT2D eigenvalue weighted by molar-refractivity contribution is 7.17. The lowest BCUT2D eigenvalue weighted by molar-refractivity contribution is -0.385. The Kier molecular flexibility index (Phi) is 4.53. The zero-order valence-corrected chi connectivity index (χ0v) is 15.5. The summed E-state index contributed by atoms with van der Waals surface area (Å²) in [6, 6.07) is 0. The lowest BCUT2D eigenvalue weighted by atomic mass is 9.88. The van der Waals surface area contributed by atoms with E-state index in [9.17, 15) is 19.7 Å². The van der Waals surface area contributed by atoms with Gasteiger partial charge in [-0.3, -0.25) is 24.4 Å². The number of aromatic nitrogens is 2. The van der Waals surface area contributed by atoms with Gasteiger partial charge in [0.15, 0.2) is 0 Å². The molecule has 0 spiro atoms. The zero-order valence-electron chi connectivity index (χ0n) is 14.7. The molecule has 1 aliphatic carbocycles. The first-order valence-corrected chi connectivity index (χ1v) is 8.96. The van der Waals surface area contributed by atoms with Gasteiger partial charge in [0.25, 0.3) is 11.8 Å². The lowest BCUT2D eigenvalue weighted by Crippen LogP contribution is -2.20. The molecule has 10 heteroatoms. The molecule has 0 aliphatic heterocycles. The quantitative estimate of drug-likeness (QED) is 0.622. The molecule has 0 radical (unpaired) electrons. The summed E-state index contributed by atoms with van der Waals surface area (Å²) in [6.45, 7) is 3.65. The van der Waals surface area contributed by atoms with Crippen LogP contribution in [0.2, 0.25) is 0 Å². The summed E-state index contributed by atoms with van der Waals surface area (Å²) < 4.78 is 1.28. The number of rotatable bonds is 4. The number of hydrogen-bond acceptors (Lipinski definition) is 6. The third-order valence-electron chi connectivity index (χ3n) is 4.69. The molecular weight excluding hydrogens is 358 g/mol. The van der Waals surface area contributed by atoms with Gasteiger partial charge < -0.3 is 11.1 Å². The molecule has 1 aliphatic rings. The van der Waals surface area contributed by atoms with Gasteiger partial charge in [-0.15, -0.1) is 11.3 Å². The number of anilines is 1. The third kappa shape index (κ3) is 2.96. The Hall–Kier alpha value is -2.75. The number of carbonyl (C=O) groups is 2. The molecule has 0 saturated heterocycles. The van der Waals surface area contributed by atoms with E-state index in [0.29, 0.717) is 16.5 Å².